The van der Waals surface area contributed by atoms with Gasteiger partial charge < -0.3 is 9.15 Å². The van der Waals surface area contributed by atoms with Gasteiger partial charge in [0.05, 0.1) is 6.54 Å². The number of benzene rings is 1. The fraction of sp³-hybridized carbons (Fsp3) is 0.611. The van der Waals surface area contributed by atoms with Gasteiger partial charge in [0, 0.05) is 51.0 Å². The van der Waals surface area contributed by atoms with Crippen molar-refractivity contribution in [1.82, 2.24) is 14.8 Å². The molecule has 4 rings (SSSR count). The van der Waals surface area contributed by atoms with Gasteiger partial charge in [0.15, 0.2) is 5.58 Å². The van der Waals surface area contributed by atoms with E-state index in [4.69, 9.17) is 9.15 Å². The van der Waals surface area contributed by atoms with E-state index in [1.165, 1.54) is 12.1 Å². The molecule has 0 bridgehead atoms. The Labute approximate surface area is 141 Å². The smallest absolute Gasteiger partial charge is 0.209 e. The number of fused-ring (bicyclic) bond motifs is 1. The lowest BCUT2D eigenvalue weighted by molar-refractivity contribution is -0.00505. The Hall–Kier alpha value is -1.50. The Bertz CT molecular complexity index is 699. The molecule has 0 amide bonds. The van der Waals surface area contributed by atoms with Crippen molar-refractivity contribution in [2.45, 2.75) is 38.4 Å². The van der Waals surface area contributed by atoms with Crippen LogP contribution in [0.1, 0.15) is 25.7 Å². The number of halogens is 1. The quantitative estimate of drug-likeness (QED) is 0.864. The Kier molecular flexibility index (Phi) is 4.52. The monoisotopic (exact) mass is 333 g/mol. The van der Waals surface area contributed by atoms with Crippen LogP contribution in [-0.2, 0) is 11.3 Å². The molecule has 0 spiro atoms. The zero-order chi connectivity index (χ0) is 16.5. The van der Waals surface area contributed by atoms with Gasteiger partial charge in [0.25, 0.3) is 0 Å². The van der Waals surface area contributed by atoms with E-state index in [0.29, 0.717) is 30.1 Å². The number of nitrogens with zero attached hydrogens (tertiary/aromatic N) is 3. The van der Waals surface area contributed by atoms with Crippen molar-refractivity contribution in [3.63, 3.8) is 0 Å². The number of ether oxygens (including phenoxy) is 1. The molecule has 0 aliphatic carbocycles. The third kappa shape index (κ3) is 3.31. The molecule has 1 atom stereocenters. The average molecular weight is 333 g/mol. The van der Waals surface area contributed by atoms with Crippen molar-refractivity contribution in [2.24, 2.45) is 0 Å². The van der Waals surface area contributed by atoms with Gasteiger partial charge in [-0.15, -0.1) is 0 Å². The van der Waals surface area contributed by atoms with E-state index >= 15 is 0 Å². The number of oxazole rings is 1. The maximum atomic E-state index is 13.3. The second-order valence-corrected chi connectivity index (χ2v) is 6.88. The van der Waals surface area contributed by atoms with Crippen LogP contribution in [-0.4, -0.2) is 59.7 Å². The van der Waals surface area contributed by atoms with Gasteiger partial charge in [-0.2, -0.15) is 0 Å². The predicted octanol–water partition coefficient (Wildman–Crippen LogP) is 2.65. The van der Waals surface area contributed by atoms with E-state index in [9.17, 15) is 4.39 Å². The van der Waals surface area contributed by atoms with Crippen LogP contribution in [0.3, 0.4) is 0 Å². The highest BCUT2D eigenvalue weighted by molar-refractivity contribution is 5.72. The first-order chi connectivity index (χ1) is 11.7. The molecule has 2 saturated heterocycles. The fourth-order valence-electron chi connectivity index (χ4n) is 3.83. The summed E-state index contributed by atoms with van der Waals surface area (Å²) in [6.45, 7) is 7.86. The highest BCUT2D eigenvalue weighted by Crippen LogP contribution is 2.22. The molecule has 24 heavy (non-hydrogen) atoms. The van der Waals surface area contributed by atoms with Gasteiger partial charge in [-0.3, -0.25) is 9.80 Å². The minimum atomic E-state index is -0.288. The third-order valence-electron chi connectivity index (χ3n) is 5.24. The Morgan fingerprint density at radius 2 is 2.08 bits per heavy atom. The molecule has 0 N–H and O–H groups in total. The van der Waals surface area contributed by atoms with Crippen LogP contribution in [0.5, 0.6) is 0 Å². The lowest BCUT2D eigenvalue weighted by Gasteiger charge is -2.43. The van der Waals surface area contributed by atoms with Crippen LogP contribution in [0, 0.1) is 5.82 Å². The molecule has 0 unspecified atom stereocenters. The normalized spacial score (nSPS) is 24.7. The first-order valence-corrected chi connectivity index (χ1v) is 8.80. The minimum Gasteiger partial charge on any atom is -0.439 e. The van der Waals surface area contributed by atoms with Crippen molar-refractivity contribution < 1.29 is 13.5 Å². The summed E-state index contributed by atoms with van der Waals surface area (Å²) in [4.78, 5) is 9.49. The van der Waals surface area contributed by atoms with Crippen LogP contribution in [0.15, 0.2) is 22.6 Å². The Balaban J connectivity index is 1.39. The van der Waals surface area contributed by atoms with Crippen molar-refractivity contribution in [3.05, 3.63) is 29.9 Å². The van der Waals surface area contributed by atoms with Crippen molar-refractivity contribution in [1.29, 1.82) is 0 Å². The molecular formula is C18H24FN3O2. The third-order valence-corrected chi connectivity index (χ3v) is 5.24. The van der Waals surface area contributed by atoms with E-state index in [2.05, 4.69) is 21.7 Å². The zero-order valence-corrected chi connectivity index (χ0v) is 14.1. The van der Waals surface area contributed by atoms with E-state index < -0.39 is 0 Å². The number of aromatic nitrogens is 1. The maximum absolute atomic E-state index is 13.3. The molecule has 130 valence electrons. The van der Waals surface area contributed by atoms with Crippen LogP contribution in [0.25, 0.3) is 11.1 Å². The van der Waals surface area contributed by atoms with Crippen molar-refractivity contribution in [3.8, 4) is 0 Å². The summed E-state index contributed by atoms with van der Waals surface area (Å²) in [6.07, 6.45) is 2.28. The van der Waals surface area contributed by atoms with Gasteiger partial charge in [-0.05, 0) is 31.9 Å². The standard InChI is InChI=1S/C18H24FN3O2/c1-13-11-22(15-4-8-23-9-5-15)7-6-21(13)12-18-20-16-3-2-14(19)10-17(16)24-18/h2-3,10,13,15H,4-9,11-12H2,1H3/t13-/m1/s1. The summed E-state index contributed by atoms with van der Waals surface area (Å²) in [5.41, 5.74) is 1.25. The largest absolute Gasteiger partial charge is 0.439 e. The van der Waals surface area contributed by atoms with Crippen LogP contribution >= 0.6 is 0 Å². The summed E-state index contributed by atoms with van der Waals surface area (Å²) in [5.74, 6) is 0.380. The molecule has 2 aromatic rings. The van der Waals surface area contributed by atoms with Crippen molar-refractivity contribution >= 4 is 11.1 Å². The number of hydrogen-bond acceptors (Lipinski definition) is 5. The second kappa shape index (κ2) is 6.78. The SMILES string of the molecule is C[C@@H]1CN(C2CCOCC2)CCN1Cc1nc2ccc(F)cc2o1. The minimum absolute atomic E-state index is 0.288. The molecule has 6 heteroatoms. The van der Waals surface area contributed by atoms with Gasteiger partial charge in [-0.1, -0.05) is 0 Å². The van der Waals surface area contributed by atoms with Crippen LogP contribution in [0.4, 0.5) is 4.39 Å². The summed E-state index contributed by atoms with van der Waals surface area (Å²) in [6, 6.07) is 5.61. The molecule has 2 aliphatic rings. The first-order valence-electron chi connectivity index (χ1n) is 8.80. The number of rotatable bonds is 3. The lowest BCUT2D eigenvalue weighted by atomic mass is 10.0. The van der Waals surface area contributed by atoms with E-state index in [1.54, 1.807) is 6.07 Å². The zero-order valence-electron chi connectivity index (χ0n) is 14.1. The Morgan fingerprint density at radius 1 is 1.25 bits per heavy atom. The van der Waals surface area contributed by atoms with E-state index in [0.717, 1.165) is 51.2 Å². The second-order valence-electron chi connectivity index (χ2n) is 6.88. The molecule has 3 heterocycles. The summed E-state index contributed by atoms with van der Waals surface area (Å²) >= 11 is 0. The summed E-state index contributed by atoms with van der Waals surface area (Å²) < 4.78 is 24.5. The molecule has 2 aliphatic heterocycles. The molecule has 1 aromatic carbocycles. The predicted molar refractivity (Wildman–Crippen MR) is 89.3 cm³/mol. The van der Waals surface area contributed by atoms with Crippen molar-refractivity contribution in [2.75, 3.05) is 32.8 Å². The topological polar surface area (TPSA) is 41.7 Å². The highest BCUT2D eigenvalue weighted by Gasteiger charge is 2.30. The Morgan fingerprint density at radius 3 is 2.88 bits per heavy atom. The molecule has 5 nitrogen and oxygen atoms in total. The summed E-state index contributed by atoms with van der Waals surface area (Å²) in [7, 11) is 0. The number of piperazine rings is 1. The van der Waals surface area contributed by atoms with Gasteiger partial charge in [0.2, 0.25) is 5.89 Å². The fourth-order valence-corrected chi connectivity index (χ4v) is 3.83. The average Bonchev–Trinajstić information content (AvgIpc) is 2.99. The maximum Gasteiger partial charge on any atom is 0.209 e. The van der Waals surface area contributed by atoms with E-state index in [-0.39, 0.29) is 5.82 Å². The van der Waals surface area contributed by atoms with Gasteiger partial charge in [-0.25, -0.2) is 9.37 Å². The lowest BCUT2D eigenvalue weighted by Crippen LogP contribution is -2.55. The van der Waals surface area contributed by atoms with Gasteiger partial charge >= 0.3 is 0 Å². The van der Waals surface area contributed by atoms with E-state index in [1.807, 2.05) is 0 Å². The van der Waals surface area contributed by atoms with Gasteiger partial charge in [0.1, 0.15) is 11.3 Å². The molecule has 1 aromatic heterocycles. The summed E-state index contributed by atoms with van der Waals surface area (Å²) in [5, 5.41) is 0. The molecular weight excluding hydrogens is 309 g/mol. The highest BCUT2D eigenvalue weighted by atomic mass is 19.1. The molecule has 0 radical (unpaired) electrons. The molecule has 0 saturated carbocycles. The van der Waals surface area contributed by atoms with Crippen LogP contribution < -0.4 is 0 Å². The molecule has 2 fully saturated rings. The first kappa shape index (κ1) is 16.0. The number of hydrogen-bond donors (Lipinski definition) is 0. The van der Waals surface area contributed by atoms with Crippen LogP contribution in [0.2, 0.25) is 0 Å².